The first-order chi connectivity index (χ1) is 6.69. The van der Waals surface area contributed by atoms with Crippen LogP contribution in [0.5, 0.6) is 0 Å². The fraction of sp³-hybridized carbons (Fsp3) is 0.727. The summed E-state index contributed by atoms with van der Waals surface area (Å²) in [7, 11) is 4.01. The van der Waals surface area contributed by atoms with Gasteiger partial charge in [-0.25, -0.2) is 4.98 Å². The van der Waals surface area contributed by atoms with Crippen LogP contribution in [0.1, 0.15) is 38.4 Å². The second kappa shape index (κ2) is 5.15. The number of aromatic nitrogens is 2. The molecule has 2 atom stereocenters. The summed E-state index contributed by atoms with van der Waals surface area (Å²) in [5.74, 6) is 0.639. The van der Waals surface area contributed by atoms with E-state index in [4.69, 9.17) is 0 Å². The Kier molecular flexibility index (Phi) is 4.14. The smallest absolute Gasteiger partial charge is 0.0947 e. The highest BCUT2D eigenvalue weighted by molar-refractivity contribution is 5.04. The Bertz CT molecular complexity index is 267. The summed E-state index contributed by atoms with van der Waals surface area (Å²) in [5, 5.41) is 3.34. The lowest BCUT2D eigenvalue weighted by molar-refractivity contribution is 0.377. The molecule has 1 aromatic rings. The van der Waals surface area contributed by atoms with Crippen LogP contribution in [-0.4, -0.2) is 16.6 Å². The average Bonchev–Trinajstić information content (AvgIpc) is 2.54. The number of hydrogen-bond donors (Lipinski definition) is 1. The summed E-state index contributed by atoms with van der Waals surface area (Å²) in [6, 6.07) is 0.385. The van der Waals surface area contributed by atoms with Gasteiger partial charge in [0.1, 0.15) is 0 Å². The maximum absolute atomic E-state index is 4.39. The Labute approximate surface area is 86.5 Å². The third-order valence-electron chi connectivity index (χ3n) is 2.67. The molecule has 3 nitrogen and oxygen atoms in total. The molecule has 0 bridgehead atoms. The van der Waals surface area contributed by atoms with Crippen LogP contribution in [0.3, 0.4) is 0 Å². The van der Waals surface area contributed by atoms with E-state index in [1.165, 1.54) is 12.8 Å². The maximum Gasteiger partial charge on any atom is 0.0947 e. The van der Waals surface area contributed by atoms with Crippen LogP contribution in [-0.2, 0) is 7.05 Å². The highest BCUT2D eigenvalue weighted by Crippen LogP contribution is 2.23. The molecule has 80 valence electrons. The number of aryl methyl sites for hydroxylation is 1. The molecule has 0 aliphatic heterocycles. The van der Waals surface area contributed by atoms with Crippen molar-refractivity contribution in [2.45, 2.75) is 32.7 Å². The lowest BCUT2D eigenvalue weighted by atomic mass is 9.95. The van der Waals surface area contributed by atoms with E-state index in [2.05, 4.69) is 30.3 Å². The molecule has 0 fully saturated rings. The minimum atomic E-state index is 0.385. The molecule has 1 rings (SSSR count). The number of rotatable bonds is 5. The molecule has 0 aliphatic rings. The summed E-state index contributed by atoms with van der Waals surface area (Å²) < 4.78 is 2.00. The van der Waals surface area contributed by atoms with Crippen molar-refractivity contribution in [3.05, 3.63) is 18.2 Å². The van der Waals surface area contributed by atoms with E-state index >= 15 is 0 Å². The lowest BCUT2D eigenvalue weighted by Gasteiger charge is -2.21. The number of hydrogen-bond acceptors (Lipinski definition) is 2. The highest BCUT2D eigenvalue weighted by Gasteiger charge is 2.18. The molecule has 0 saturated heterocycles. The van der Waals surface area contributed by atoms with Crippen molar-refractivity contribution in [1.29, 1.82) is 0 Å². The number of nitrogens with one attached hydrogen (secondary N) is 1. The molecule has 2 unspecified atom stereocenters. The van der Waals surface area contributed by atoms with Gasteiger partial charge < -0.3 is 9.88 Å². The van der Waals surface area contributed by atoms with Crippen LogP contribution in [0.4, 0.5) is 0 Å². The first-order valence-electron chi connectivity index (χ1n) is 5.34. The first kappa shape index (κ1) is 11.2. The van der Waals surface area contributed by atoms with Gasteiger partial charge in [0.2, 0.25) is 0 Å². The Morgan fingerprint density at radius 1 is 1.57 bits per heavy atom. The molecule has 1 N–H and O–H groups in total. The summed E-state index contributed by atoms with van der Waals surface area (Å²) in [4.78, 5) is 4.39. The molecular weight excluding hydrogens is 174 g/mol. The zero-order valence-corrected chi connectivity index (χ0v) is 9.62. The fourth-order valence-electron chi connectivity index (χ4n) is 1.94. The monoisotopic (exact) mass is 195 g/mol. The standard InChI is InChI=1S/C11H21N3/c1-5-6-9(2)11(12-3)10-7-14(4)8-13-10/h7-9,11-12H,5-6H2,1-4H3. The zero-order chi connectivity index (χ0) is 10.6. The third-order valence-corrected chi connectivity index (χ3v) is 2.67. The van der Waals surface area contributed by atoms with Gasteiger partial charge in [-0.1, -0.05) is 20.3 Å². The predicted octanol–water partition coefficient (Wildman–Crippen LogP) is 2.12. The molecule has 0 spiro atoms. The van der Waals surface area contributed by atoms with Crippen molar-refractivity contribution >= 4 is 0 Å². The van der Waals surface area contributed by atoms with Gasteiger partial charge in [0.25, 0.3) is 0 Å². The van der Waals surface area contributed by atoms with Gasteiger partial charge in [0.05, 0.1) is 18.1 Å². The minimum absolute atomic E-state index is 0.385. The van der Waals surface area contributed by atoms with Crippen molar-refractivity contribution in [2.24, 2.45) is 13.0 Å². The van der Waals surface area contributed by atoms with E-state index in [-0.39, 0.29) is 0 Å². The van der Waals surface area contributed by atoms with Gasteiger partial charge >= 0.3 is 0 Å². The van der Waals surface area contributed by atoms with Crippen molar-refractivity contribution < 1.29 is 0 Å². The van der Waals surface area contributed by atoms with E-state index in [1.807, 2.05) is 25.0 Å². The van der Waals surface area contributed by atoms with Gasteiger partial charge in [-0.3, -0.25) is 0 Å². The van der Waals surface area contributed by atoms with Crippen LogP contribution < -0.4 is 5.32 Å². The van der Waals surface area contributed by atoms with Gasteiger partial charge in [-0.2, -0.15) is 0 Å². The second-order valence-electron chi connectivity index (χ2n) is 4.00. The van der Waals surface area contributed by atoms with Crippen molar-refractivity contribution in [1.82, 2.24) is 14.9 Å². The topological polar surface area (TPSA) is 29.9 Å². The molecule has 0 radical (unpaired) electrons. The Morgan fingerprint density at radius 3 is 2.71 bits per heavy atom. The zero-order valence-electron chi connectivity index (χ0n) is 9.62. The van der Waals surface area contributed by atoms with E-state index in [0.29, 0.717) is 12.0 Å². The Balaban J connectivity index is 2.71. The molecule has 0 aromatic carbocycles. The SMILES string of the molecule is CCCC(C)C(NC)c1cn(C)cn1. The molecule has 0 saturated carbocycles. The van der Waals surface area contributed by atoms with Crippen molar-refractivity contribution in [3.8, 4) is 0 Å². The van der Waals surface area contributed by atoms with Crippen LogP contribution in [0.15, 0.2) is 12.5 Å². The Hall–Kier alpha value is -0.830. The van der Waals surface area contributed by atoms with Crippen LogP contribution in [0, 0.1) is 5.92 Å². The van der Waals surface area contributed by atoms with E-state index in [0.717, 1.165) is 5.69 Å². The van der Waals surface area contributed by atoms with Gasteiger partial charge in [-0.05, 0) is 19.4 Å². The molecule has 3 heteroatoms. The molecule has 0 aliphatic carbocycles. The minimum Gasteiger partial charge on any atom is -0.340 e. The maximum atomic E-state index is 4.39. The number of imidazole rings is 1. The van der Waals surface area contributed by atoms with Crippen molar-refractivity contribution in [2.75, 3.05) is 7.05 Å². The highest BCUT2D eigenvalue weighted by atomic mass is 15.0. The molecule has 1 aromatic heterocycles. The van der Waals surface area contributed by atoms with Crippen LogP contribution in [0.25, 0.3) is 0 Å². The molecule has 0 amide bonds. The van der Waals surface area contributed by atoms with Crippen LogP contribution >= 0.6 is 0 Å². The van der Waals surface area contributed by atoms with Gasteiger partial charge in [0, 0.05) is 13.2 Å². The summed E-state index contributed by atoms with van der Waals surface area (Å²) in [6.07, 6.45) is 6.42. The fourth-order valence-corrected chi connectivity index (χ4v) is 1.94. The van der Waals surface area contributed by atoms with E-state index < -0.39 is 0 Å². The predicted molar refractivity (Wildman–Crippen MR) is 59.1 cm³/mol. The quantitative estimate of drug-likeness (QED) is 0.780. The van der Waals surface area contributed by atoms with E-state index in [9.17, 15) is 0 Å². The summed E-state index contributed by atoms with van der Waals surface area (Å²) >= 11 is 0. The van der Waals surface area contributed by atoms with Crippen molar-refractivity contribution in [3.63, 3.8) is 0 Å². The summed E-state index contributed by atoms with van der Waals surface area (Å²) in [5.41, 5.74) is 1.15. The normalized spacial score (nSPS) is 15.4. The largest absolute Gasteiger partial charge is 0.340 e. The average molecular weight is 195 g/mol. The Morgan fingerprint density at radius 2 is 2.29 bits per heavy atom. The molecule has 14 heavy (non-hydrogen) atoms. The molecular formula is C11H21N3. The number of nitrogens with zero attached hydrogens (tertiary/aromatic N) is 2. The molecule has 1 heterocycles. The van der Waals surface area contributed by atoms with Gasteiger partial charge in [0.15, 0.2) is 0 Å². The van der Waals surface area contributed by atoms with Crippen LogP contribution in [0.2, 0.25) is 0 Å². The third kappa shape index (κ3) is 2.58. The summed E-state index contributed by atoms with van der Waals surface area (Å²) in [6.45, 7) is 4.50. The lowest BCUT2D eigenvalue weighted by Crippen LogP contribution is -2.23. The van der Waals surface area contributed by atoms with E-state index in [1.54, 1.807) is 0 Å². The van der Waals surface area contributed by atoms with Gasteiger partial charge in [-0.15, -0.1) is 0 Å². The first-order valence-corrected chi connectivity index (χ1v) is 5.34. The second-order valence-corrected chi connectivity index (χ2v) is 4.00.